The number of aliphatic hydroxyl groups excluding tert-OH is 1. The smallest absolute Gasteiger partial charge is 0.124 e. The first-order valence-electron chi connectivity index (χ1n) is 7.51. The summed E-state index contributed by atoms with van der Waals surface area (Å²) >= 11 is 0. The molecule has 0 atom stereocenters. The fourth-order valence-corrected chi connectivity index (χ4v) is 2.22. The monoisotopic (exact) mass is 310 g/mol. The van der Waals surface area contributed by atoms with E-state index in [1.165, 1.54) is 0 Å². The Balaban J connectivity index is 1.89. The summed E-state index contributed by atoms with van der Waals surface area (Å²) in [5, 5.41) is 14.1. The highest BCUT2D eigenvalue weighted by atomic mass is 16.5. The van der Waals surface area contributed by atoms with Crippen molar-refractivity contribution in [3.05, 3.63) is 54.6 Å². The molecule has 0 saturated heterocycles. The van der Waals surface area contributed by atoms with Gasteiger partial charge in [-0.1, -0.05) is 6.92 Å². The molecule has 1 aromatic carbocycles. The number of hydrogen-bond donors (Lipinski definition) is 1. The lowest BCUT2D eigenvalue weighted by atomic mass is 10.2. The molecule has 118 valence electrons. The minimum absolute atomic E-state index is 0.0782. The van der Waals surface area contributed by atoms with Crippen molar-refractivity contribution in [3.63, 3.8) is 0 Å². The standard InChI is InChI=1S/C17H18N4O2/c1-2-9-23-17-4-3-14(10-13(17)12-22)21-8-5-15(20-21)16-11-18-6-7-19-16/h3-8,10-11,22H,2,9,12H2,1H3. The van der Waals surface area contributed by atoms with Crippen molar-refractivity contribution in [1.29, 1.82) is 0 Å². The zero-order chi connectivity index (χ0) is 16.1. The van der Waals surface area contributed by atoms with Crippen molar-refractivity contribution in [3.8, 4) is 22.8 Å². The maximum Gasteiger partial charge on any atom is 0.124 e. The highest BCUT2D eigenvalue weighted by molar-refractivity contribution is 5.53. The Morgan fingerprint density at radius 1 is 1.17 bits per heavy atom. The van der Waals surface area contributed by atoms with Gasteiger partial charge in [-0.05, 0) is 30.7 Å². The minimum Gasteiger partial charge on any atom is -0.493 e. The topological polar surface area (TPSA) is 73.1 Å². The van der Waals surface area contributed by atoms with E-state index in [1.54, 1.807) is 23.3 Å². The van der Waals surface area contributed by atoms with Gasteiger partial charge in [0.05, 0.1) is 25.1 Å². The number of aliphatic hydroxyl groups is 1. The van der Waals surface area contributed by atoms with Gasteiger partial charge in [0.15, 0.2) is 0 Å². The molecule has 0 amide bonds. The van der Waals surface area contributed by atoms with E-state index >= 15 is 0 Å². The maximum absolute atomic E-state index is 9.54. The Bertz CT molecular complexity index is 771. The van der Waals surface area contributed by atoms with Crippen LogP contribution in [0.2, 0.25) is 0 Å². The third-order valence-corrected chi connectivity index (χ3v) is 3.36. The van der Waals surface area contributed by atoms with Crippen molar-refractivity contribution in [2.75, 3.05) is 6.61 Å². The second-order valence-electron chi connectivity index (χ2n) is 5.03. The molecule has 0 aliphatic heterocycles. The Kier molecular flexibility index (Phi) is 4.63. The Morgan fingerprint density at radius 3 is 2.83 bits per heavy atom. The first-order chi connectivity index (χ1) is 11.3. The summed E-state index contributed by atoms with van der Waals surface area (Å²) in [4.78, 5) is 8.29. The van der Waals surface area contributed by atoms with Gasteiger partial charge in [0.25, 0.3) is 0 Å². The molecule has 3 rings (SSSR count). The van der Waals surface area contributed by atoms with E-state index in [4.69, 9.17) is 4.74 Å². The summed E-state index contributed by atoms with van der Waals surface area (Å²) in [6.45, 7) is 2.60. The molecule has 6 nitrogen and oxygen atoms in total. The highest BCUT2D eigenvalue weighted by Gasteiger charge is 2.08. The Hall–Kier alpha value is -2.73. The molecule has 0 radical (unpaired) electrons. The average molecular weight is 310 g/mol. The van der Waals surface area contributed by atoms with Crippen molar-refractivity contribution < 1.29 is 9.84 Å². The van der Waals surface area contributed by atoms with Gasteiger partial charge in [0.2, 0.25) is 0 Å². The van der Waals surface area contributed by atoms with Gasteiger partial charge in [0, 0.05) is 24.2 Å². The molecule has 0 saturated carbocycles. The van der Waals surface area contributed by atoms with Crippen LogP contribution in [0.5, 0.6) is 5.75 Å². The predicted molar refractivity (Wildman–Crippen MR) is 86.3 cm³/mol. The van der Waals surface area contributed by atoms with Crippen LogP contribution in [0.15, 0.2) is 49.1 Å². The molecule has 0 aliphatic carbocycles. The van der Waals surface area contributed by atoms with Crippen LogP contribution in [0.3, 0.4) is 0 Å². The lowest BCUT2D eigenvalue weighted by Crippen LogP contribution is -2.02. The highest BCUT2D eigenvalue weighted by Crippen LogP contribution is 2.23. The second kappa shape index (κ2) is 7.02. The van der Waals surface area contributed by atoms with E-state index in [9.17, 15) is 5.11 Å². The summed E-state index contributed by atoms with van der Waals surface area (Å²) in [5.74, 6) is 0.708. The van der Waals surface area contributed by atoms with Crippen molar-refractivity contribution in [1.82, 2.24) is 19.7 Å². The quantitative estimate of drug-likeness (QED) is 0.757. The number of benzene rings is 1. The molecule has 0 spiro atoms. The molecule has 2 heterocycles. The number of ether oxygens (including phenoxy) is 1. The van der Waals surface area contributed by atoms with Crippen LogP contribution in [0.4, 0.5) is 0 Å². The average Bonchev–Trinajstić information content (AvgIpc) is 3.10. The van der Waals surface area contributed by atoms with Crippen molar-refractivity contribution in [2.24, 2.45) is 0 Å². The number of hydrogen-bond acceptors (Lipinski definition) is 5. The van der Waals surface area contributed by atoms with E-state index in [-0.39, 0.29) is 6.61 Å². The lowest BCUT2D eigenvalue weighted by molar-refractivity contribution is 0.263. The van der Waals surface area contributed by atoms with Gasteiger partial charge in [-0.2, -0.15) is 5.10 Å². The molecule has 0 fully saturated rings. The summed E-state index contributed by atoms with van der Waals surface area (Å²) in [5.41, 5.74) is 3.06. The Labute approximate surface area is 134 Å². The second-order valence-corrected chi connectivity index (χ2v) is 5.03. The van der Waals surface area contributed by atoms with Crippen LogP contribution < -0.4 is 4.74 Å². The molecular formula is C17H18N4O2. The molecular weight excluding hydrogens is 292 g/mol. The van der Waals surface area contributed by atoms with E-state index in [0.717, 1.165) is 29.1 Å². The molecule has 0 aliphatic rings. The molecule has 0 unspecified atom stereocenters. The van der Waals surface area contributed by atoms with Gasteiger partial charge < -0.3 is 9.84 Å². The normalized spacial score (nSPS) is 10.7. The van der Waals surface area contributed by atoms with Crippen LogP contribution in [-0.4, -0.2) is 31.5 Å². The molecule has 6 heteroatoms. The zero-order valence-electron chi connectivity index (χ0n) is 12.9. The minimum atomic E-state index is -0.0782. The fourth-order valence-electron chi connectivity index (χ4n) is 2.22. The third kappa shape index (κ3) is 3.37. The zero-order valence-corrected chi connectivity index (χ0v) is 12.9. The van der Waals surface area contributed by atoms with Crippen LogP contribution in [-0.2, 0) is 6.61 Å². The van der Waals surface area contributed by atoms with E-state index in [1.807, 2.05) is 37.4 Å². The summed E-state index contributed by atoms with van der Waals surface area (Å²) in [6, 6.07) is 7.53. The van der Waals surface area contributed by atoms with Gasteiger partial charge >= 0.3 is 0 Å². The number of rotatable bonds is 6. The predicted octanol–water partition coefficient (Wildman–Crippen LogP) is 2.61. The van der Waals surface area contributed by atoms with E-state index < -0.39 is 0 Å². The SMILES string of the molecule is CCCOc1ccc(-n2ccc(-c3cnccn3)n2)cc1CO. The Morgan fingerprint density at radius 2 is 2.09 bits per heavy atom. The van der Waals surface area contributed by atoms with Gasteiger partial charge in [-0.25, -0.2) is 4.68 Å². The van der Waals surface area contributed by atoms with E-state index in [2.05, 4.69) is 15.1 Å². The molecule has 3 aromatic rings. The van der Waals surface area contributed by atoms with Gasteiger partial charge in [-0.3, -0.25) is 9.97 Å². The summed E-state index contributed by atoms with van der Waals surface area (Å²) < 4.78 is 7.38. The number of nitrogens with zero attached hydrogens (tertiary/aromatic N) is 4. The summed E-state index contributed by atoms with van der Waals surface area (Å²) in [7, 11) is 0. The number of aromatic nitrogens is 4. The molecule has 23 heavy (non-hydrogen) atoms. The third-order valence-electron chi connectivity index (χ3n) is 3.36. The van der Waals surface area contributed by atoms with E-state index in [0.29, 0.717) is 12.4 Å². The first-order valence-corrected chi connectivity index (χ1v) is 7.51. The van der Waals surface area contributed by atoms with Gasteiger partial charge in [-0.15, -0.1) is 0 Å². The molecule has 0 bridgehead atoms. The fraction of sp³-hybridized carbons (Fsp3) is 0.235. The first kappa shape index (κ1) is 15.2. The van der Waals surface area contributed by atoms with Gasteiger partial charge in [0.1, 0.15) is 17.1 Å². The lowest BCUT2D eigenvalue weighted by Gasteiger charge is -2.11. The van der Waals surface area contributed by atoms with Crippen LogP contribution in [0.1, 0.15) is 18.9 Å². The largest absolute Gasteiger partial charge is 0.493 e. The van der Waals surface area contributed by atoms with Crippen LogP contribution in [0, 0.1) is 0 Å². The van der Waals surface area contributed by atoms with Crippen LogP contribution in [0.25, 0.3) is 17.1 Å². The summed E-state index contributed by atoms with van der Waals surface area (Å²) in [6.07, 6.45) is 7.72. The van der Waals surface area contributed by atoms with Crippen molar-refractivity contribution in [2.45, 2.75) is 20.0 Å². The van der Waals surface area contributed by atoms with Crippen LogP contribution >= 0.6 is 0 Å². The van der Waals surface area contributed by atoms with Crippen molar-refractivity contribution >= 4 is 0 Å². The molecule has 2 aromatic heterocycles. The maximum atomic E-state index is 9.54. The molecule has 1 N–H and O–H groups in total.